The van der Waals surface area contributed by atoms with E-state index in [0.29, 0.717) is 18.9 Å². The fraction of sp³-hybridized carbons (Fsp3) is 0.381. The van der Waals surface area contributed by atoms with Gasteiger partial charge in [0.25, 0.3) is 0 Å². The lowest BCUT2D eigenvalue weighted by atomic mass is 9.89. The van der Waals surface area contributed by atoms with Gasteiger partial charge in [-0.3, -0.25) is 24.4 Å². The molecule has 3 heterocycles. The average molecular weight is 349 g/mol. The van der Waals surface area contributed by atoms with E-state index in [2.05, 4.69) is 22.0 Å². The summed E-state index contributed by atoms with van der Waals surface area (Å²) in [4.78, 5) is 32.9. The molecular weight excluding hydrogens is 326 g/mol. The third kappa shape index (κ3) is 3.40. The number of hydrogen-bond acceptors (Lipinski definition) is 4. The summed E-state index contributed by atoms with van der Waals surface area (Å²) in [5.74, 6) is 0.420. The van der Waals surface area contributed by atoms with Crippen molar-refractivity contribution in [3.8, 4) is 0 Å². The second-order valence-corrected chi connectivity index (χ2v) is 7.11. The third-order valence-electron chi connectivity index (χ3n) is 5.55. The maximum atomic E-state index is 12.8. The van der Waals surface area contributed by atoms with Crippen molar-refractivity contribution < 1.29 is 9.59 Å². The number of piperidine rings is 1. The van der Waals surface area contributed by atoms with E-state index in [1.54, 1.807) is 0 Å². The Morgan fingerprint density at radius 3 is 2.35 bits per heavy atom. The standard InChI is InChI=1S/C21H23N3O2/c25-20-14-19(21(26)24(20)15-16-4-2-1-3-5-16)23-12-8-18(9-13-23)17-6-10-22-11-7-17/h1-7,10-11,18-19H,8-9,12-15H2. The van der Waals surface area contributed by atoms with Gasteiger partial charge in [0.2, 0.25) is 11.8 Å². The second-order valence-electron chi connectivity index (χ2n) is 7.11. The summed E-state index contributed by atoms with van der Waals surface area (Å²) in [7, 11) is 0. The Balaban J connectivity index is 1.38. The van der Waals surface area contributed by atoms with Crippen LogP contribution in [0.2, 0.25) is 0 Å². The van der Waals surface area contributed by atoms with Gasteiger partial charge in [0.1, 0.15) is 0 Å². The summed E-state index contributed by atoms with van der Waals surface area (Å²) in [5, 5.41) is 0. The lowest BCUT2D eigenvalue weighted by molar-refractivity contribution is -0.140. The highest BCUT2D eigenvalue weighted by atomic mass is 16.2. The lowest BCUT2D eigenvalue weighted by Gasteiger charge is -2.35. The molecule has 4 rings (SSSR count). The van der Waals surface area contributed by atoms with Gasteiger partial charge in [-0.25, -0.2) is 0 Å². The molecule has 26 heavy (non-hydrogen) atoms. The number of pyridine rings is 1. The van der Waals surface area contributed by atoms with Crippen LogP contribution in [0.25, 0.3) is 0 Å². The molecule has 2 amide bonds. The predicted octanol–water partition coefficient (Wildman–Crippen LogP) is 2.59. The Morgan fingerprint density at radius 2 is 1.65 bits per heavy atom. The molecule has 0 bridgehead atoms. The first-order chi connectivity index (χ1) is 12.7. The number of carbonyl (C=O) groups excluding carboxylic acids is 2. The van der Waals surface area contributed by atoms with E-state index < -0.39 is 0 Å². The number of nitrogens with zero attached hydrogens (tertiary/aromatic N) is 3. The fourth-order valence-corrected chi connectivity index (χ4v) is 4.06. The largest absolute Gasteiger partial charge is 0.291 e. The molecule has 0 aliphatic carbocycles. The Bertz CT molecular complexity index is 770. The quantitative estimate of drug-likeness (QED) is 0.796. The SMILES string of the molecule is O=C1CC(N2CCC(c3ccncc3)CC2)C(=O)N1Cc1ccccc1. The van der Waals surface area contributed by atoms with Crippen molar-refractivity contribution >= 4 is 11.8 Å². The summed E-state index contributed by atoms with van der Waals surface area (Å²) < 4.78 is 0. The molecule has 1 atom stereocenters. The molecule has 5 nitrogen and oxygen atoms in total. The summed E-state index contributed by atoms with van der Waals surface area (Å²) in [6.07, 6.45) is 6.01. The summed E-state index contributed by atoms with van der Waals surface area (Å²) >= 11 is 0. The molecule has 1 aromatic carbocycles. The van der Waals surface area contributed by atoms with Crippen LogP contribution in [0.4, 0.5) is 0 Å². The number of benzene rings is 1. The first-order valence-corrected chi connectivity index (χ1v) is 9.24. The van der Waals surface area contributed by atoms with Crippen molar-refractivity contribution in [2.45, 2.75) is 37.8 Å². The van der Waals surface area contributed by atoms with Crippen LogP contribution in [-0.4, -0.2) is 45.7 Å². The molecule has 5 heteroatoms. The molecular formula is C21H23N3O2. The van der Waals surface area contributed by atoms with Gasteiger partial charge in [-0.15, -0.1) is 0 Å². The number of aromatic nitrogens is 1. The molecule has 134 valence electrons. The fourth-order valence-electron chi connectivity index (χ4n) is 4.06. The van der Waals surface area contributed by atoms with Crippen LogP contribution in [0, 0.1) is 0 Å². The monoisotopic (exact) mass is 349 g/mol. The molecule has 0 radical (unpaired) electrons. The highest BCUT2D eigenvalue weighted by Gasteiger charge is 2.42. The lowest BCUT2D eigenvalue weighted by Crippen LogP contribution is -2.45. The van der Waals surface area contributed by atoms with Gasteiger partial charge in [-0.05, 0) is 55.1 Å². The van der Waals surface area contributed by atoms with Crippen molar-refractivity contribution in [1.29, 1.82) is 0 Å². The summed E-state index contributed by atoms with van der Waals surface area (Å²) in [5.41, 5.74) is 2.31. The van der Waals surface area contributed by atoms with Gasteiger partial charge in [-0.1, -0.05) is 30.3 Å². The topological polar surface area (TPSA) is 53.5 Å². The van der Waals surface area contributed by atoms with Gasteiger partial charge in [0.05, 0.1) is 19.0 Å². The van der Waals surface area contributed by atoms with Crippen LogP contribution in [0.5, 0.6) is 0 Å². The van der Waals surface area contributed by atoms with E-state index in [1.807, 2.05) is 42.7 Å². The van der Waals surface area contributed by atoms with Crippen LogP contribution in [-0.2, 0) is 16.1 Å². The van der Waals surface area contributed by atoms with Crippen molar-refractivity contribution in [2.24, 2.45) is 0 Å². The van der Waals surface area contributed by atoms with Crippen LogP contribution in [0.3, 0.4) is 0 Å². The molecule has 2 aromatic rings. The number of imide groups is 1. The van der Waals surface area contributed by atoms with Crippen LogP contribution in [0.1, 0.15) is 36.3 Å². The van der Waals surface area contributed by atoms with E-state index in [0.717, 1.165) is 31.5 Å². The molecule has 2 aliphatic heterocycles. The molecule has 1 unspecified atom stereocenters. The molecule has 0 spiro atoms. The number of rotatable bonds is 4. The Labute approximate surface area is 153 Å². The molecule has 2 saturated heterocycles. The van der Waals surface area contributed by atoms with E-state index in [-0.39, 0.29) is 17.9 Å². The molecule has 2 aliphatic rings. The minimum atomic E-state index is -0.287. The van der Waals surface area contributed by atoms with Crippen LogP contribution in [0.15, 0.2) is 54.9 Å². The number of carbonyl (C=O) groups is 2. The Hall–Kier alpha value is -2.53. The van der Waals surface area contributed by atoms with E-state index in [4.69, 9.17) is 0 Å². The first-order valence-electron chi connectivity index (χ1n) is 9.24. The predicted molar refractivity (Wildman–Crippen MR) is 98.2 cm³/mol. The van der Waals surface area contributed by atoms with Gasteiger partial charge in [-0.2, -0.15) is 0 Å². The zero-order valence-electron chi connectivity index (χ0n) is 14.8. The van der Waals surface area contributed by atoms with E-state index in [1.165, 1.54) is 10.5 Å². The molecule has 2 fully saturated rings. The highest BCUT2D eigenvalue weighted by Crippen LogP contribution is 2.31. The van der Waals surface area contributed by atoms with Gasteiger partial charge in [0, 0.05) is 12.4 Å². The maximum absolute atomic E-state index is 12.8. The normalized spacial score (nSPS) is 22.2. The molecule has 0 N–H and O–H groups in total. The van der Waals surface area contributed by atoms with Crippen LogP contribution < -0.4 is 0 Å². The van der Waals surface area contributed by atoms with Gasteiger partial charge in [0.15, 0.2) is 0 Å². The van der Waals surface area contributed by atoms with E-state index >= 15 is 0 Å². The summed E-state index contributed by atoms with van der Waals surface area (Å²) in [6, 6.07) is 13.6. The van der Waals surface area contributed by atoms with Crippen molar-refractivity contribution in [1.82, 2.24) is 14.8 Å². The molecule has 0 saturated carbocycles. The maximum Gasteiger partial charge on any atom is 0.247 e. The zero-order chi connectivity index (χ0) is 17.9. The molecule has 1 aromatic heterocycles. The van der Waals surface area contributed by atoms with Crippen molar-refractivity contribution in [3.63, 3.8) is 0 Å². The van der Waals surface area contributed by atoms with Crippen molar-refractivity contribution in [2.75, 3.05) is 13.1 Å². The van der Waals surface area contributed by atoms with E-state index in [9.17, 15) is 9.59 Å². The van der Waals surface area contributed by atoms with Crippen molar-refractivity contribution in [3.05, 3.63) is 66.0 Å². The minimum absolute atomic E-state index is 0.0405. The second kappa shape index (κ2) is 7.38. The Morgan fingerprint density at radius 1 is 0.962 bits per heavy atom. The first kappa shape index (κ1) is 16.9. The number of likely N-dealkylation sites (tertiary alicyclic amines) is 2. The third-order valence-corrected chi connectivity index (χ3v) is 5.55. The highest BCUT2D eigenvalue weighted by molar-refractivity contribution is 6.05. The van der Waals surface area contributed by atoms with Crippen LogP contribution >= 0.6 is 0 Å². The minimum Gasteiger partial charge on any atom is -0.291 e. The summed E-state index contributed by atoms with van der Waals surface area (Å²) in [6.45, 7) is 2.09. The van der Waals surface area contributed by atoms with Gasteiger partial charge >= 0.3 is 0 Å². The number of amides is 2. The Kier molecular flexibility index (Phi) is 4.80. The zero-order valence-corrected chi connectivity index (χ0v) is 14.8. The smallest absolute Gasteiger partial charge is 0.247 e. The van der Waals surface area contributed by atoms with Gasteiger partial charge < -0.3 is 0 Å². The average Bonchev–Trinajstić information content (AvgIpc) is 2.98. The number of hydrogen-bond donors (Lipinski definition) is 0.